The van der Waals surface area contributed by atoms with E-state index in [1.807, 2.05) is 0 Å². The van der Waals surface area contributed by atoms with Crippen molar-refractivity contribution >= 4 is 11.9 Å². The van der Waals surface area contributed by atoms with Crippen molar-refractivity contribution in [2.24, 2.45) is 0 Å². The minimum atomic E-state index is -5.08. The first-order chi connectivity index (χ1) is 8.20. The standard InChI is InChI=1S/C8H8O3.C2HF3O2/c1-11-7-5-3-2-4-6(7)8(9)10;3-2(4,5)1(6)7/h2-5H,1H3,(H,9,10);(H,6,7). The lowest BCUT2D eigenvalue weighted by atomic mass is 10.2. The van der Waals surface area contributed by atoms with Crippen molar-refractivity contribution in [2.45, 2.75) is 6.18 Å². The van der Waals surface area contributed by atoms with E-state index in [9.17, 15) is 18.0 Å². The summed E-state index contributed by atoms with van der Waals surface area (Å²) in [4.78, 5) is 19.4. The molecule has 0 saturated carbocycles. The van der Waals surface area contributed by atoms with Gasteiger partial charge < -0.3 is 14.9 Å². The van der Waals surface area contributed by atoms with E-state index >= 15 is 0 Å². The van der Waals surface area contributed by atoms with E-state index < -0.39 is 18.1 Å². The summed E-state index contributed by atoms with van der Waals surface area (Å²) in [6, 6.07) is 6.50. The van der Waals surface area contributed by atoms with Gasteiger partial charge in [0.25, 0.3) is 0 Å². The molecule has 0 aliphatic heterocycles. The second-order valence-corrected chi connectivity index (χ2v) is 2.81. The Balaban J connectivity index is 0.000000360. The minimum absolute atomic E-state index is 0.190. The fourth-order valence-electron chi connectivity index (χ4n) is 0.821. The number of alkyl halides is 3. The molecule has 0 aromatic heterocycles. The predicted octanol–water partition coefficient (Wildman–Crippen LogP) is 2.03. The van der Waals surface area contributed by atoms with Crippen LogP contribution < -0.4 is 4.74 Å². The predicted molar refractivity (Wildman–Crippen MR) is 53.6 cm³/mol. The number of hydrogen-bond acceptors (Lipinski definition) is 3. The van der Waals surface area contributed by atoms with Gasteiger partial charge in [-0.1, -0.05) is 12.1 Å². The lowest BCUT2D eigenvalue weighted by Crippen LogP contribution is -2.21. The number of benzene rings is 1. The Morgan fingerprint density at radius 2 is 1.61 bits per heavy atom. The van der Waals surface area contributed by atoms with Crippen molar-refractivity contribution < 1.29 is 37.7 Å². The van der Waals surface area contributed by atoms with E-state index in [-0.39, 0.29) is 5.56 Å². The van der Waals surface area contributed by atoms with Gasteiger partial charge in [0.2, 0.25) is 0 Å². The zero-order valence-corrected chi connectivity index (χ0v) is 9.06. The average molecular weight is 266 g/mol. The molecule has 0 bridgehead atoms. The normalized spacial score (nSPS) is 10.0. The molecule has 100 valence electrons. The second kappa shape index (κ2) is 6.48. The molecule has 0 amide bonds. The van der Waals surface area contributed by atoms with Gasteiger partial charge in [-0.3, -0.25) is 0 Å². The summed E-state index contributed by atoms with van der Waals surface area (Å²) in [6.07, 6.45) is -5.08. The van der Waals surface area contributed by atoms with Crippen LogP contribution in [0.15, 0.2) is 24.3 Å². The molecule has 0 heterocycles. The molecule has 18 heavy (non-hydrogen) atoms. The molecule has 8 heteroatoms. The molecule has 0 radical (unpaired) electrons. The number of hydrogen-bond donors (Lipinski definition) is 2. The molecule has 0 aliphatic rings. The third-order valence-electron chi connectivity index (χ3n) is 1.58. The number of carboxylic acids is 2. The maximum absolute atomic E-state index is 10.6. The van der Waals surface area contributed by atoms with Gasteiger partial charge >= 0.3 is 18.1 Å². The summed E-state index contributed by atoms with van der Waals surface area (Å²) >= 11 is 0. The SMILES string of the molecule is COc1ccccc1C(=O)O.O=C(O)C(F)(F)F. The monoisotopic (exact) mass is 266 g/mol. The molecule has 2 N–H and O–H groups in total. The van der Waals surface area contributed by atoms with E-state index in [0.29, 0.717) is 5.75 Å². The van der Waals surface area contributed by atoms with Gasteiger partial charge in [0.05, 0.1) is 7.11 Å². The van der Waals surface area contributed by atoms with Crippen LogP contribution in [0.5, 0.6) is 5.75 Å². The van der Waals surface area contributed by atoms with Crippen molar-refractivity contribution in [1.29, 1.82) is 0 Å². The number of carbonyl (C=O) groups is 2. The second-order valence-electron chi connectivity index (χ2n) is 2.81. The van der Waals surface area contributed by atoms with Gasteiger partial charge in [-0.25, -0.2) is 9.59 Å². The number of aromatic carboxylic acids is 1. The Morgan fingerprint density at radius 1 is 1.17 bits per heavy atom. The number of para-hydroxylation sites is 1. The Morgan fingerprint density at radius 3 is 1.89 bits per heavy atom. The highest BCUT2D eigenvalue weighted by Gasteiger charge is 2.38. The lowest BCUT2D eigenvalue weighted by molar-refractivity contribution is -0.192. The van der Waals surface area contributed by atoms with Crippen molar-refractivity contribution in [3.63, 3.8) is 0 Å². The minimum Gasteiger partial charge on any atom is -0.496 e. The summed E-state index contributed by atoms with van der Waals surface area (Å²) < 4.78 is 36.6. The first kappa shape index (κ1) is 15.8. The topological polar surface area (TPSA) is 83.8 Å². The average Bonchev–Trinajstić information content (AvgIpc) is 2.28. The van der Waals surface area contributed by atoms with Crippen molar-refractivity contribution in [3.05, 3.63) is 29.8 Å². The number of methoxy groups -OCH3 is 1. The Labute approximate surface area is 99.4 Å². The van der Waals surface area contributed by atoms with Crippen LogP contribution in [-0.2, 0) is 4.79 Å². The molecule has 1 aromatic carbocycles. The number of halogens is 3. The largest absolute Gasteiger partial charge is 0.496 e. The number of ether oxygens (including phenoxy) is 1. The van der Waals surface area contributed by atoms with E-state index in [1.54, 1.807) is 18.2 Å². The van der Waals surface area contributed by atoms with Gasteiger partial charge in [-0.2, -0.15) is 13.2 Å². The molecular weight excluding hydrogens is 257 g/mol. The van der Waals surface area contributed by atoms with Crippen LogP contribution in [0.1, 0.15) is 10.4 Å². The first-order valence-electron chi connectivity index (χ1n) is 4.36. The van der Waals surface area contributed by atoms with Crippen molar-refractivity contribution in [3.8, 4) is 5.75 Å². The van der Waals surface area contributed by atoms with E-state index in [0.717, 1.165) is 0 Å². The van der Waals surface area contributed by atoms with Crippen LogP contribution in [0.4, 0.5) is 13.2 Å². The fraction of sp³-hybridized carbons (Fsp3) is 0.200. The Bertz CT molecular complexity index is 428. The quantitative estimate of drug-likeness (QED) is 0.855. The van der Waals surface area contributed by atoms with Crippen LogP contribution >= 0.6 is 0 Å². The maximum atomic E-state index is 10.6. The number of aliphatic carboxylic acids is 1. The zero-order valence-electron chi connectivity index (χ0n) is 9.06. The van der Waals surface area contributed by atoms with E-state index in [1.165, 1.54) is 13.2 Å². The van der Waals surface area contributed by atoms with Gasteiger partial charge in [0.1, 0.15) is 11.3 Å². The highest BCUT2D eigenvalue weighted by atomic mass is 19.4. The molecule has 1 rings (SSSR count). The van der Waals surface area contributed by atoms with Gasteiger partial charge in [-0.15, -0.1) is 0 Å². The number of rotatable bonds is 2. The summed E-state index contributed by atoms with van der Waals surface area (Å²) in [5, 5.41) is 15.7. The maximum Gasteiger partial charge on any atom is 0.490 e. The van der Waals surface area contributed by atoms with Crippen molar-refractivity contribution in [2.75, 3.05) is 7.11 Å². The zero-order chi connectivity index (χ0) is 14.3. The van der Waals surface area contributed by atoms with E-state index in [2.05, 4.69) is 0 Å². The molecule has 0 fully saturated rings. The summed E-state index contributed by atoms with van der Waals surface area (Å²) in [6.45, 7) is 0. The molecule has 1 aromatic rings. The first-order valence-corrected chi connectivity index (χ1v) is 4.36. The van der Waals surface area contributed by atoms with Crippen LogP contribution in [0, 0.1) is 0 Å². The molecular formula is C10H9F3O5. The molecule has 5 nitrogen and oxygen atoms in total. The van der Waals surface area contributed by atoms with Crippen LogP contribution in [0.25, 0.3) is 0 Å². The summed E-state index contributed by atoms with van der Waals surface area (Å²) in [7, 11) is 1.45. The Hall–Kier alpha value is -2.25. The molecule has 0 atom stereocenters. The summed E-state index contributed by atoms with van der Waals surface area (Å²) in [5.74, 6) is -3.34. The molecule has 0 unspecified atom stereocenters. The smallest absolute Gasteiger partial charge is 0.490 e. The highest BCUT2D eigenvalue weighted by molar-refractivity contribution is 5.90. The lowest BCUT2D eigenvalue weighted by Gasteiger charge is -2.01. The van der Waals surface area contributed by atoms with Gasteiger partial charge in [0.15, 0.2) is 0 Å². The fourth-order valence-corrected chi connectivity index (χ4v) is 0.821. The van der Waals surface area contributed by atoms with Crippen LogP contribution in [0.3, 0.4) is 0 Å². The van der Waals surface area contributed by atoms with Gasteiger partial charge in [-0.05, 0) is 12.1 Å². The summed E-state index contributed by atoms with van der Waals surface area (Å²) in [5.41, 5.74) is 0.190. The Kier molecular flexibility index (Phi) is 5.67. The highest BCUT2D eigenvalue weighted by Crippen LogP contribution is 2.16. The van der Waals surface area contributed by atoms with Crippen LogP contribution in [-0.4, -0.2) is 35.4 Å². The molecule has 0 spiro atoms. The van der Waals surface area contributed by atoms with Crippen LogP contribution in [0.2, 0.25) is 0 Å². The van der Waals surface area contributed by atoms with Gasteiger partial charge in [0, 0.05) is 0 Å². The molecule has 0 saturated heterocycles. The third-order valence-corrected chi connectivity index (χ3v) is 1.58. The van der Waals surface area contributed by atoms with E-state index in [4.69, 9.17) is 19.7 Å². The van der Waals surface area contributed by atoms with Crippen molar-refractivity contribution in [1.82, 2.24) is 0 Å². The number of carboxylic acid groups (broad SMARTS) is 2. The molecule has 0 aliphatic carbocycles. The third kappa shape index (κ3) is 5.19.